The Balaban J connectivity index is 1.45. The van der Waals surface area contributed by atoms with Crippen LogP contribution in [0.3, 0.4) is 0 Å². The first-order valence-electron chi connectivity index (χ1n) is 11.9. The minimum atomic E-state index is -0.256. The number of para-hydroxylation sites is 2. The molecule has 34 heavy (non-hydrogen) atoms. The number of esters is 1. The third-order valence-corrected chi connectivity index (χ3v) is 7.78. The average molecular weight is 471 g/mol. The maximum absolute atomic E-state index is 13.0. The van der Waals surface area contributed by atoms with E-state index in [0.717, 1.165) is 66.2 Å². The van der Waals surface area contributed by atoms with Gasteiger partial charge in [-0.25, -0.2) is 14.8 Å². The minimum absolute atomic E-state index is 0.256. The number of thiophene rings is 1. The molecule has 0 atom stereocenters. The average Bonchev–Trinajstić information content (AvgIpc) is 3.45. The van der Waals surface area contributed by atoms with Crippen molar-refractivity contribution in [3.05, 3.63) is 75.7 Å². The molecule has 0 amide bonds. The first-order chi connectivity index (χ1) is 16.7. The summed E-state index contributed by atoms with van der Waals surface area (Å²) in [6.45, 7) is 3.77. The molecule has 0 radical (unpaired) electrons. The lowest BCUT2D eigenvalue weighted by molar-refractivity contribution is 0.0526. The number of nitrogens with zero attached hydrogens (tertiary/aromatic N) is 3. The van der Waals surface area contributed by atoms with Crippen LogP contribution in [0.1, 0.15) is 51.7 Å². The van der Waals surface area contributed by atoms with Crippen LogP contribution in [0.25, 0.3) is 11.0 Å². The second kappa shape index (κ2) is 8.72. The van der Waals surface area contributed by atoms with Gasteiger partial charge in [0, 0.05) is 18.0 Å². The van der Waals surface area contributed by atoms with Crippen molar-refractivity contribution in [1.82, 2.24) is 9.97 Å². The van der Waals surface area contributed by atoms with E-state index in [-0.39, 0.29) is 5.97 Å². The predicted molar refractivity (Wildman–Crippen MR) is 136 cm³/mol. The lowest BCUT2D eigenvalue weighted by Crippen LogP contribution is -2.19. The van der Waals surface area contributed by atoms with Crippen molar-refractivity contribution in [3.8, 4) is 0 Å². The quantitative estimate of drug-likeness (QED) is 0.360. The maximum Gasteiger partial charge on any atom is 0.341 e. The zero-order chi connectivity index (χ0) is 23.1. The molecule has 0 spiro atoms. The van der Waals surface area contributed by atoms with Gasteiger partial charge in [-0.15, -0.1) is 11.3 Å². The number of anilines is 3. The molecule has 4 aromatic rings. The van der Waals surface area contributed by atoms with Crippen LogP contribution in [-0.4, -0.2) is 22.5 Å². The fourth-order valence-corrected chi connectivity index (χ4v) is 6.24. The molecule has 0 fully saturated rings. The fourth-order valence-electron chi connectivity index (χ4n) is 4.96. The van der Waals surface area contributed by atoms with Crippen LogP contribution in [0.2, 0.25) is 0 Å². The highest BCUT2D eigenvalue weighted by Crippen LogP contribution is 2.42. The van der Waals surface area contributed by atoms with Gasteiger partial charge in [0.05, 0.1) is 23.2 Å². The molecule has 0 bridgehead atoms. The first kappa shape index (κ1) is 21.1. The van der Waals surface area contributed by atoms with Crippen LogP contribution in [0, 0.1) is 0 Å². The molecule has 2 aromatic carbocycles. The molecule has 2 aliphatic rings. The van der Waals surface area contributed by atoms with Crippen molar-refractivity contribution in [2.45, 2.75) is 45.7 Å². The number of carbonyl (C=O) groups excluding carboxylic acids is 1. The SMILES string of the molecule is CCOC(=O)c1c(Nc2nc3ccccc3nc2N2Cc3ccccc3C2)sc2c1CCCC2. The Kier molecular flexibility index (Phi) is 5.41. The molecule has 2 aromatic heterocycles. The van der Waals surface area contributed by atoms with E-state index in [1.54, 1.807) is 11.3 Å². The maximum atomic E-state index is 13.0. The Labute approximate surface area is 202 Å². The molecule has 1 N–H and O–H groups in total. The van der Waals surface area contributed by atoms with Gasteiger partial charge in [-0.2, -0.15) is 0 Å². The summed E-state index contributed by atoms with van der Waals surface area (Å²) in [6, 6.07) is 16.4. The highest BCUT2D eigenvalue weighted by Gasteiger charge is 2.29. The normalized spacial score (nSPS) is 14.7. The summed E-state index contributed by atoms with van der Waals surface area (Å²) >= 11 is 1.66. The Hall–Kier alpha value is -3.45. The Morgan fingerprint density at radius 3 is 2.41 bits per heavy atom. The van der Waals surface area contributed by atoms with Gasteiger partial charge in [0.15, 0.2) is 11.6 Å². The molecule has 6 nitrogen and oxygen atoms in total. The van der Waals surface area contributed by atoms with E-state index < -0.39 is 0 Å². The molecule has 1 aliphatic heterocycles. The van der Waals surface area contributed by atoms with E-state index in [1.807, 2.05) is 31.2 Å². The lowest BCUT2D eigenvalue weighted by atomic mass is 9.95. The number of carbonyl (C=O) groups is 1. The van der Waals surface area contributed by atoms with Gasteiger partial charge in [0.2, 0.25) is 0 Å². The lowest BCUT2D eigenvalue weighted by Gasteiger charge is -2.21. The molecule has 0 unspecified atom stereocenters. The standard InChI is InChI=1S/C27H26N4O2S/c1-2-33-27(32)23-19-11-5-8-14-22(19)34-26(23)30-24-25(29-21-13-7-6-12-20(21)28-24)31-15-17-9-3-4-10-18(17)16-31/h3-4,6-7,9-10,12-13H,2,5,8,11,14-16H2,1H3,(H,28,30). The molecular weight excluding hydrogens is 444 g/mol. The summed E-state index contributed by atoms with van der Waals surface area (Å²) < 4.78 is 5.45. The summed E-state index contributed by atoms with van der Waals surface area (Å²) in [5.41, 5.74) is 6.11. The highest BCUT2D eigenvalue weighted by molar-refractivity contribution is 7.16. The summed E-state index contributed by atoms with van der Waals surface area (Å²) in [5, 5.41) is 4.35. The van der Waals surface area contributed by atoms with Crippen molar-refractivity contribution in [3.63, 3.8) is 0 Å². The smallest absolute Gasteiger partial charge is 0.341 e. The molecule has 3 heterocycles. The number of aromatic nitrogens is 2. The number of nitrogens with one attached hydrogen (secondary N) is 1. The summed E-state index contributed by atoms with van der Waals surface area (Å²) in [6.07, 6.45) is 4.18. The molecule has 7 heteroatoms. The van der Waals surface area contributed by atoms with Gasteiger partial charge in [0.25, 0.3) is 0 Å². The van der Waals surface area contributed by atoms with Crippen LogP contribution in [0.4, 0.5) is 16.6 Å². The number of fused-ring (bicyclic) bond motifs is 3. The molecule has 0 saturated heterocycles. The van der Waals surface area contributed by atoms with E-state index in [0.29, 0.717) is 18.0 Å². The third-order valence-electron chi connectivity index (χ3n) is 6.58. The van der Waals surface area contributed by atoms with Crippen LogP contribution >= 0.6 is 11.3 Å². The van der Waals surface area contributed by atoms with Crippen LogP contribution in [0.5, 0.6) is 0 Å². The van der Waals surface area contributed by atoms with Crippen LogP contribution in [0.15, 0.2) is 48.5 Å². The van der Waals surface area contributed by atoms with Crippen molar-refractivity contribution >= 4 is 45.0 Å². The fraction of sp³-hybridized carbons (Fsp3) is 0.296. The van der Waals surface area contributed by atoms with Crippen LogP contribution < -0.4 is 10.2 Å². The van der Waals surface area contributed by atoms with Gasteiger partial charge < -0.3 is 15.0 Å². The number of hydrogen-bond donors (Lipinski definition) is 1. The van der Waals surface area contributed by atoms with E-state index in [2.05, 4.69) is 34.5 Å². The van der Waals surface area contributed by atoms with E-state index >= 15 is 0 Å². The number of rotatable bonds is 5. The number of hydrogen-bond acceptors (Lipinski definition) is 7. The number of ether oxygens (including phenoxy) is 1. The first-order valence-corrected chi connectivity index (χ1v) is 12.7. The van der Waals surface area contributed by atoms with Crippen molar-refractivity contribution < 1.29 is 9.53 Å². The molecule has 1 aliphatic carbocycles. The Bertz CT molecular complexity index is 1370. The van der Waals surface area contributed by atoms with E-state index in [4.69, 9.17) is 14.7 Å². The van der Waals surface area contributed by atoms with Gasteiger partial charge >= 0.3 is 5.97 Å². The van der Waals surface area contributed by atoms with E-state index in [9.17, 15) is 4.79 Å². The Morgan fingerprint density at radius 1 is 1.00 bits per heavy atom. The van der Waals surface area contributed by atoms with Crippen LogP contribution in [-0.2, 0) is 30.7 Å². The summed E-state index contributed by atoms with van der Waals surface area (Å²) in [5.74, 6) is 1.22. The molecule has 172 valence electrons. The predicted octanol–water partition coefficient (Wildman–Crippen LogP) is 6.01. The Morgan fingerprint density at radius 2 is 1.68 bits per heavy atom. The monoisotopic (exact) mass is 470 g/mol. The molecular formula is C27H26N4O2S. The highest BCUT2D eigenvalue weighted by atomic mass is 32.1. The second-order valence-electron chi connectivity index (χ2n) is 8.77. The summed E-state index contributed by atoms with van der Waals surface area (Å²) in [7, 11) is 0. The van der Waals surface area contributed by atoms with E-state index in [1.165, 1.54) is 16.0 Å². The topological polar surface area (TPSA) is 67.3 Å². The van der Waals surface area contributed by atoms with Crippen molar-refractivity contribution in [1.29, 1.82) is 0 Å². The number of benzene rings is 2. The molecule has 6 rings (SSSR count). The zero-order valence-corrected chi connectivity index (χ0v) is 20.0. The van der Waals surface area contributed by atoms with Gasteiger partial charge in [-0.1, -0.05) is 36.4 Å². The van der Waals surface area contributed by atoms with Crippen molar-refractivity contribution in [2.24, 2.45) is 0 Å². The molecule has 0 saturated carbocycles. The van der Waals surface area contributed by atoms with Gasteiger partial charge in [0.1, 0.15) is 5.00 Å². The number of aryl methyl sites for hydroxylation is 1. The second-order valence-corrected chi connectivity index (χ2v) is 9.87. The largest absolute Gasteiger partial charge is 0.462 e. The van der Waals surface area contributed by atoms with Crippen molar-refractivity contribution in [2.75, 3.05) is 16.8 Å². The minimum Gasteiger partial charge on any atom is -0.462 e. The summed E-state index contributed by atoms with van der Waals surface area (Å²) in [4.78, 5) is 26.5. The van der Waals surface area contributed by atoms with Gasteiger partial charge in [-0.3, -0.25) is 0 Å². The van der Waals surface area contributed by atoms with Gasteiger partial charge in [-0.05, 0) is 61.4 Å². The third kappa shape index (κ3) is 3.70. The zero-order valence-electron chi connectivity index (χ0n) is 19.1.